The molecule has 1 saturated heterocycles. The molecule has 2 unspecified atom stereocenters. The van der Waals surface area contributed by atoms with Gasteiger partial charge in [0.1, 0.15) is 5.75 Å². The number of aliphatic imine (C=N–C) groups is 1. The Kier molecular flexibility index (Phi) is 8.98. The van der Waals surface area contributed by atoms with Crippen molar-refractivity contribution in [2.75, 3.05) is 46.0 Å². The van der Waals surface area contributed by atoms with Gasteiger partial charge in [-0.1, -0.05) is 18.2 Å². The van der Waals surface area contributed by atoms with Crippen molar-refractivity contribution in [3.63, 3.8) is 0 Å². The molecule has 2 aliphatic heterocycles. The number of ether oxygens (including phenoxy) is 2. The van der Waals surface area contributed by atoms with Gasteiger partial charge in [0.25, 0.3) is 0 Å². The minimum absolute atomic E-state index is 0. The highest BCUT2D eigenvalue weighted by Gasteiger charge is 2.26. The van der Waals surface area contributed by atoms with Gasteiger partial charge in [0.2, 0.25) is 0 Å². The molecule has 0 saturated carbocycles. The van der Waals surface area contributed by atoms with Crippen LogP contribution in [0.4, 0.5) is 0 Å². The summed E-state index contributed by atoms with van der Waals surface area (Å²) in [6, 6.07) is 8.37. The van der Waals surface area contributed by atoms with Gasteiger partial charge < -0.3 is 19.7 Å². The average Bonchev–Trinajstić information content (AvgIpc) is 3.12. The number of benzene rings is 1. The van der Waals surface area contributed by atoms with Crippen LogP contribution in [0.5, 0.6) is 5.75 Å². The molecule has 0 aromatic heterocycles. The molecule has 2 atom stereocenters. The van der Waals surface area contributed by atoms with Crippen LogP contribution in [0.25, 0.3) is 0 Å². The molecule has 6 heteroatoms. The van der Waals surface area contributed by atoms with Crippen molar-refractivity contribution in [3.05, 3.63) is 29.8 Å². The molecule has 0 radical (unpaired) electrons. The first-order chi connectivity index (χ1) is 12.3. The number of fused-ring (bicyclic) bond motifs is 1. The molecule has 2 heterocycles. The monoisotopic (exact) mass is 473 g/mol. The lowest BCUT2D eigenvalue weighted by Gasteiger charge is -2.26. The Balaban J connectivity index is 0.00000243. The van der Waals surface area contributed by atoms with Gasteiger partial charge in [0.15, 0.2) is 5.96 Å². The van der Waals surface area contributed by atoms with Crippen LogP contribution < -0.4 is 10.1 Å². The van der Waals surface area contributed by atoms with E-state index in [9.17, 15) is 0 Å². The van der Waals surface area contributed by atoms with Crippen molar-refractivity contribution >= 4 is 29.9 Å². The topological polar surface area (TPSA) is 46.1 Å². The Morgan fingerprint density at radius 3 is 2.96 bits per heavy atom. The summed E-state index contributed by atoms with van der Waals surface area (Å²) in [7, 11) is 0. The number of rotatable bonds is 6. The van der Waals surface area contributed by atoms with Gasteiger partial charge in [-0.3, -0.25) is 4.99 Å². The second-order valence-electron chi connectivity index (χ2n) is 6.83. The standard InChI is InChI=1S/C20H31N3O2.HI/c1-3-21-20(23-11-9-16(14-23)15-24-4-2)22-13-17-10-12-25-19-8-6-5-7-18(17)19;/h5-8,16-17H,3-4,9-15H2,1-2H3,(H,21,22);1H. The predicted molar refractivity (Wildman–Crippen MR) is 117 cm³/mol. The van der Waals surface area contributed by atoms with Crippen LogP contribution in [0.2, 0.25) is 0 Å². The maximum absolute atomic E-state index is 5.77. The highest BCUT2D eigenvalue weighted by atomic mass is 127. The first-order valence-electron chi connectivity index (χ1n) is 9.64. The van der Waals surface area contributed by atoms with Gasteiger partial charge in [0.05, 0.1) is 13.2 Å². The van der Waals surface area contributed by atoms with E-state index >= 15 is 0 Å². The van der Waals surface area contributed by atoms with Gasteiger partial charge in [-0.25, -0.2) is 0 Å². The highest BCUT2D eigenvalue weighted by molar-refractivity contribution is 14.0. The molecular formula is C20H32IN3O2. The Hall–Kier alpha value is -1.02. The summed E-state index contributed by atoms with van der Waals surface area (Å²) in [5.41, 5.74) is 1.30. The second kappa shape index (κ2) is 11.0. The Morgan fingerprint density at radius 1 is 1.31 bits per heavy atom. The molecule has 0 spiro atoms. The number of para-hydroxylation sites is 1. The van der Waals surface area contributed by atoms with E-state index in [-0.39, 0.29) is 24.0 Å². The van der Waals surface area contributed by atoms with E-state index in [1.807, 2.05) is 6.07 Å². The van der Waals surface area contributed by atoms with Crippen LogP contribution in [0.1, 0.15) is 38.2 Å². The molecular weight excluding hydrogens is 441 g/mol. The van der Waals surface area contributed by atoms with E-state index in [1.54, 1.807) is 0 Å². The van der Waals surface area contributed by atoms with E-state index in [2.05, 4.69) is 42.3 Å². The fraction of sp³-hybridized carbons (Fsp3) is 0.650. The third-order valence-corrected chi connectivity index (χ3v) is 5.02. The molecule has 0 bridgehead atoms. The van der Waals surface area contributed by atoms with Gasteiger partial charge in [-0.15, -0.1) is 24.0 Å². The van der Waals surface area contributed by atoms with E-state index in [4.69, 9.17) is 14.5 Å². The van der Waals surface area contributed by atoms with Crippen LogP contribution in [-0.4, -0.2) is 56.9 Å². The summed E-state index contributed by atoms with van der Waals surface area (Å²) in [5.74, 6) is 3.13. The molecule has 1 N–H and O–H groups in total. The van der Waals surface area contributed by atoms with Crippen molar-refractivity contribution in [1.82, 2.24) is 10.2 Å². The molecule has 3 rings (SSSR count). The van der Waals surface area contributed by atoms with Crippen molar-refractivity contribution in [1.29, 1.82) is 0 Å². The summed E-state index contributed by atoms with van der Waals surface area (Å²) in [5, 5.41) is 3.47. The summed E-state index contributed by atoms with van der Waals surface area (Å²) < 4.78 is 11.4. The lowest BCUT2D eigenvalue weighted by molar-refractivity contribution is 0.114. The van der Waals surface area contributed by atoms with Crippen LogP contribution in [0, 0.1) is 5.92 Å². The quantitative estimate of drug-likeness (QED) is 0.391. The van der Waals surface area contributed by atoms with Gasteiger partial charge in [0, 0.05) is 44.6 Å². The summed E-state index contributed by atoms with van der Waals surface area (Å²) in [6.07, 6.45) is 2.22. The Bertz CT molecular complexity index is 582. The SMILES string of the molecule is CCNC(=NCC1CCOc2ccccc21)N1CCC(COCC)C1.I. The van der Waals surface area contributed by atoms with Gasteiger partial charge in [-0.05, 0) is 38.3 Å². The minimum Gasteiger partial charge on any atom is -0.493 e. The zero-order valence-electron chi connectivity index (χ0n) is 15.9. The fourth-order valence-electron chi connectivity index (χ4n) is 3.67. The molecule has 1 aromatic carbocycles. The highest BCUT2D eigenvalue weighted by Crippen LogP contribution is 2.33. The van der Waals surface area contributed by atoms with Crippen LogP contribution >= 0.6 is 24.0 Å². The van der Waals surface area contributed by atoms with Crippen molar-refractivity contribution in [2.45, 2.75) is 32.6 Å². The molecule has 0 amide bonds. The molecule has 5 nitrogen and oxygen atoms in total. The third kappa shape index (κ3) is 5.49. The van der Waals surface area contributed by atoms with E-state index in [0.29, 0.717) is 11.8 Å². The number of nitrogens with one attached hydrogen (secondary N) is 1. The van der Waals surface area contributed by atoms with Crippen molar-refractivity contribution in [3.8, 4) is 5.75 Å². The van der Waals surface area contributed by atoms with Gasteiger partial charge in [-0.2, -0.15) is 0 Å². The molecule has 1 fully saturated rings. The number of halogens is 1. The predicted octanol–water partition coefficient (Wildman–Crippen LogP) is 3.49. The minimum atomic E-state index is 0. The Labute approximate surface area is 174 Å². The number of hydrogen-bond acceptors (Lipinski definition) is 3. The molecule has 0 aliphatic carbocycles. The zero-order valence-corrected chi connectivity index (χ0v) is 18.3. The molecule has 2 aliphatic rings. The molecule has 1 aromatic rings. The van der Waals surface area contributed by atoms with Crippen molar-refractivity contribution in [2.24, 2.45) is 10.9 Å². The van der Waals surface area contributed by atoms with Gasteiger partial charge >= 0.3 is 0 Å². The largest absolute Gasteiger partial charge is 0.493 e. The summed E-state index contributed by atoms with van der Waals surface area (Å²) >= 11 is 0. The van der Waals surface area contributed by atoms with E-state index in [1.165, 1.54) is 12.0 Å². The maximum atomic E-state index is 5.77. The summed E-state index contributed by atoms with van der Waals surface area (Å²) in [4.78, 5) is 7.36. The average molecular weight is 473 g/mol. The Morgan fingerprint density at radius 2 is 2.15 bits per heavy atom. The number of hydrogen-bond donors (Lipinski definition) is 1. The zero-order chi connectivity index (χ0) is 17.5. The molecule has 26 heavy (non-hydrogen) atoms. The second-order valence-corrected chi connectivity index (χ2v) is 6.83. The third-order valence-electron chi connectivity index (χ3n) is 5.02. The number of guanidine groups is 1. The van der Waals surface area contributed by atoms with Crippen LogP contribution in [0.3, 0.4) is 0 Å². The number of likely N-dealkylation sites (tertiary alicyclic amines) is 1. The van der Waals surface area contributed by atoms with E-state index < -0.39 is 0 Å². The number of nitrogens with zero attached hydrogens (tertiary/aromatic N) is 2. The smallest absolute Gasteiger partial charge is 0.193 e. The maximum Gasteiger partial charge on any atom is 0.193 e. The van der Waals surface area contributed by atoms with Crippen LogP contribution in [0.15, 0.2) is 29.3 Å². The van der Waals surface area contributed by atoms with Crippen LogP contribution in [-0.2, 0) is 4.74 Å². The van der Waals surface area contributed by atoms with E-state index in [0.717, 1.165) is 64.1 Å². The first-order valence-corrected chi connectivity index (χ1v) is 9.64. The fourth-order valence-corrected chi connectivity index (χ4v) is 3.67. The lowest BCUT2D eigenvalue weighted by atomic mass is 9.93. The normalized spacial score (nSPS) is 22.4. The first kappa shape index (κ1) is 21.3. The molecule has 146 valence electrons. The summed E-state index contributed by atoms with van der Waals surface area (Å²) in [6.45, 7) is 10.5. The lowest BCUT2D eigenvalue weighted by Crippen LogP contribution is -2.40. The van der Waals surface area contributed by atoms with Crippen molar-refractivity contribution < 1.29 is 9.47 Å².